The number of anilines is 1. The van der Waals surface area contributed by atoms with Crippen LogP contribution in [0.5, 0.6) is 5.75 Å². The average molecular weight is 346 g/mol. The van der Waals surface area contributed by atoms with Crippen molar-refractivity contribution < 1.29 is 4.74 Å². The number of hydrogen-bond donors (Lipinski definition) is 1. The molecule has 3 heteroatoms. The van der Waals surface area contributed by atoms with E-state index < -0.39 is 0 Å². The molecule has 1 atom stereocenters. The zero-order chi connectivity index (χ0) is 14.8. The number of hydrogen-bond acceptors (Lipinski definition) is 2. The fourth-order valence-electron chi connectivity index (χ4n) is 2.67. The van der Waals surface area contributed by atoms with Crippen LogP contribution in [0.4, 0.5) is 5.69 Å². The lowest BCUT2D eigenvalue weighted by Gasteiger charge is -2.28. The van der Waals surface area contributed by atoms with Gasteiger partial charge in [-0.2, -0.15) is 0 Å². The minimum atomic E-state index is 0.0757. The van der Waals surface area contributed by atoms with Gasteiger partial charge in [0.25, 0.3) is 0 Å². The molecule has 1 aliphatic rings. The normalized spacial score (nSPS) is 17.0. The maximum absolute atomic E-state index is 6.11. The minimum absolute atomic E-state index is 0.0757. The molecule has 1 aliphatic heterocycles. The molecule has 0 bridgehead atoms. The van der Waals surface area contributed by atoms with E-state index >= 15 is 0 Å². The average Bonchev–Trinajstić information content (AvgIpc) is 2.47. The second-order valence-corrected chi connectivity index (χ2v) is 6.88. The Labute approximate surface area is 134 Å². The first-order chi connectivity index (χ1) is 10.1. The summed E-state index contributed by atoms with van der Waals surface area (Å²) in [5.74, 6) is 1.61. The van der Waals surface area contributed by atoms with Gasteiger partial charge >= 0.3 is 0 Å². The molecule has 0 saturated heterocycles. The SMILES string of the molecule is CC(C)Cc1ccc(C2CNc3cc(Br)ccc3O2)cc1. The van der Waals surface area contributed by atoms with Crippen LogP contribution in [0.15, 0.2) is 46.9 Å². The zero-order valence-electron chi connectivity index (χ0n) is 12.4. The fraction of sp³-hybridized carbons (Fsp3) is 0.333. The lowest BCUT2D eigenvalue weighted by molar-refractivity contribution is 0.210. The number of fused-ring (bicyclic) bond motifs is 1. The molecule has 21 heavy (non-hydrogen) atoms. The van der Waals surface area contributed by atoms with Crippen LogP contribution in [-0.4, -0.2) is 6.54 Å². The molecule has 0 amide bonds. The first kappa shape index (κ1) is 14.5. The Kier molecular flexibility index (Phi) is 4.20. The van der Waals surface area contributed by atoms with E-state index in [1.807, 2.05) is 12.1 Å². The predicted molar refractivity (Wildman–Crippen MR) is 91.0 cm³/mol. The fourth-order valence-corrected chi connectivity index (χ4v) is 3.03. The first-order valence-electron chi connectivity index (χ1n) is 7.41. The predicted octanol–water partition coefficient (Wildman–Crippen LogP) is 5.19. The van der Waals surface area contributed by atoms with Gasteiger partial charge in [0.2, 0.25) is 0 Å². The molecule has 1 N–H and O–H groups in total. The molecule has 1 heterocycles. The van der Waals surface area contributed by atoms with Crippen LogP contribution in [-0.2, 0) is 6.42 Å². The van der Waals surface area contributed by atoms with Crippen molar-refractivity contribution >= 4 is 21.6 Å². The van der Waals surface area contributed by atoms with Crippen molar-refractivity contribution in [3.8, 4) is 5.75 Å². The standard InChI is InChI=1S/C18H20BrNO/c1-12(2)9-13-3-5-14(6-4-13)18-11-20-16-10-15(19)7-8-17(16)21-18/h3-8,10,12,18,20H,9,11H2,1-2H3. The van der Waals surface area contributed by atoms with Gasteiger partial charge < -0.3 is 10.1 Å². The third kappa shape index (κ3) is 3.41. The van der Waals surface area contributed by atoms with Gasteiger partial charge in [-0.3, -0.25) is 0 Å². The number of halogens is 1. The quantitative estimate of drug-likeness (QED) is 0.825. The summed E-state index contributed by atoms with van der Waals surface area (Å²) in [6.07, 6.45) is 1.20. The lowest BCUT2D eigenvalue weighted by Crippen LogP contribution is -2.23. The van der Waals surface area contributed by atoms with Gasteiger partial charge in [-0.05, 0) is 41.7 Å². The van der Waals surface area contributed by atoms with Gasteiger partial charge in [-0.1, -0.05) is 54.0 Å². The summed E-state index contributed by atoms with van der Waals surface area (Å²) in [7, 11) is 0. The molecule has 2 nitrogen and oxygen atoms in total. The van der Waals surface area contributed by atoms with Gasteiger partial charge in [0.05, 0.1) is 12.2 Å². The molecule has 0 aromatic heterocycles. The molecular weight excluding hydrogens is 326 g/mol. The van der Waals surface area contributed by atoms with Gasteiger partial charge in [0.1, 0.15) is 11.9 Å². The maximum Gasteiger partial charge on any atom is 0.143 e. The first-order valence-corrected chi connectivity index (χ1v) is 8.20. The molecule has 1 unspecified atom stereocenters. The van der Waals surface area contributed by atoms with E-state index in [0.717, 1.165) is 28.9 Å². The summed E-state index contributed by atoms with van der Waals surface area (Å²) in [5, 5.41) is 3.44. The zero-order valence-corrected chi connectivity index (χ0v) is 14.0. The summed E-state index contributed by atoms with van der Waals surface area (Å²) in [4.78, 5) is 0. The highest BCUT2D eigenvalue weighted by molar-refractivity contribution is 9.10. The molecule has 0 radical (unpaired) electrons. The topological polar surface area (TPSA) is 21.3 Å². The van der Waals surface area contributed by atoms with Gasteiger partial charge in [-0.15, -0.1) is 0 Å². The van der Waals surface area contributed by atoms with Gasteiger partial charge in [0, 0.05) is 4.47 Å². The Morgan fingerprint density at radius 1 is 1.19 bits per heavy atom. The van der Waals surface area contributed by atoms with Crippen molar-refractivity contribution in [1.29, 1.82) is 0 Å². The third-order valence-corrected chi connectivity index (χ3v) is 4.18. The summed E-state index contributed by atoms with van der Waals surface area (Å²) < 4.78 is 7.17. The van der Waals surface area contributed by atoms with Gasteiger partial charge in [-0.25, -0.2) is 0 Å². The van der Waals surface area contributed by atoms with Crippen molar-refractivity contribution in [3.63, 3.8) is 0 Å². The highest BCUT2D eigenvalue weighted by atomic mass is 79.9. The third-order valence-electron chi connectivity index (χ3n) is 3.68. The van der Waals surface area contributed by atoms with Crippen molar-refractivity contribution in [3.05, 3.63) is 58.1 Å². The van der Waals surface area contributed by atoms with E-state index in [-0.39, 0.29) is 6.10 Å². The van der Waals surface area contributed by atoms with E-state index in [2.05, 4.69) is 65.4 Å². The maximum atomic E-state index is 6.11. The molecule has 2 aromatic rings. The monoisotopic (exact) mass is 345 g/mol. The number of ether oxygens (including phenoxy) is 1. The van der Waals surface area contributed by atoms with Crippen LogP contribution in [0.25, 0.3) is 0 Å². The Bertz CT molecular complexity index is 622. The largest absolute Gasteiger partial charge is 0.482 e. The highest BCUT2D eigenvalue weighted by Crippen LogP contribution is 2.36. The summed E-state index contributed by atoms with van der Waals surface area (Å²) in [6, 6.07) is 14.9. The van der Waals surface area contributed by atoms with Crippen LogP contribution in [0.3, 0.4) is 0 Å². The number of benzene rings is 2. The Morgan fingerprint density at radius 3 is 2.67 bits per heavy atom. The van der Waals surface area contributed by atoms with Gasteiger partial charge in [0.15, 0.2) is 0 Å². The second kappa shape index (κ2) is 6.10. The van der Waals surface area contributed by atoms with Crippen LogP contribution >= 0.6 is 15.9 Å². The van der Waals surface area contributed by atoms with E-state index in [4.69, 9.17) is 4.74 Å². The van der Waals surface area contributed by atoms with E-state index in [1.54, 1.807) is 0 Å². The molecule has 110 valence electrons. The Morgan fingerprint density at radius 2 is 1.95 bits per heavy atom. The van der Waals surface area contributed by atoms with E-state index in [1.165, 1.54) is 11.1 Å². The molecular formula is C18H20BrNO. The van der Waals surface area contributed by atoms with Crippen LogP contribution in [0.2, 0.25) is 0 Å². The van der Waals surface area contributed by atoms with Crippen LogP contribution in [0, 0.1) is 5.92 Å². The van der Waals surface area contributed by atoms with Crippen molar-refractivity contribution in [2.45, 2.75) is 26.4 Å². The molecule has 0 spiro atoms. The second-order valence-electron chi connectivity index (χ2n) is 5.97. The van der Waals surface area contributed by atoms with Crippen molar-refractivity contribution in [2.24, 2.45) is 5.92 Å². The van der Waals surface area contributed by atoms with E-state index in [9.17, 15) is 0 Å². The van der Waals surface area contributed by atoms with E-state index in [0.29, 0.717) is 5.92 Å². The van der Waals surface area contributed by atoms with Crippen molar-refractivity contribution in [1.82, 2.24) is 0 Å². The van der Waals surface area contributed by atoms with Crippen LogP contribution in [0.1, 0.15) is 31.1 Å². The summed E-state index contributed by atoms with van der Waals surface area (Å²) in [6.45, 7) is 5.29. The minimum Gasteiger partial charge on any atom is -0.482 e. The Hall–Kier alpha value is -1.48. The Balaban J connectivity index is 1.75. The number of rotatable bonds is 3. The highest BCUT2D eigenvalue weighted by Gasteiger charge is 2.20. The molecule has 0 saturated carbocycles. The lowest BCUT2D eigenvalue weighted by atomic mass is 10.00. The molecule has 0 aliphatic carbocycles. The smallest absolute Gasteiger partial charge is 0.143 e. The number of nitrogens with one attached hydrogen (secondary N) is 1. The van der Waals surface area contributed by atoms with Crippen LogP contribution < -0.4 is 10.1 Å². The summed E-state index contributed by atoms with van der Waals surface area (Å²) >= 11 is 3.48. The molecule has 2 aromatic carbocycles. The van der Waals surface area contributed by atoms with Crippen molar-refractivity contribution in [2.75, 3.05) is 11.9 Å². The molecule has 0 fully saturated rings. The summed E-state index contributed by atoms with van der Waals surface area (Å²) in [5.41, 5.74) is 3.67. The molecule has 3 rings (SSSR count).